The molecule has 0 aliphatic carbocycles. The van der Waals surface area contributed by atoms with Gasteiger partial charge in [-0.3, -0.25) is 19.7 Å². The van der Waals surface area contributed by atoms with Crippen LogP contribution >= 0.6 is 0 Å². The number of para-hydroxylation sites is 3. The van der Waals surface area contributed by atoms with Crippen molar-refractivity contribution in [3.8, 4) is 5.75 Å². The van der Waals surface area contributed by atoms with Gasteiger partial charge < -0.3 is 20.7 Å². The zero-order valence-electron chi connectivity index (χ0n) is 22.0. The summed E-state index contributed by atoms with van der Waals surface area (Å²) in [6.45, 7) is 3.60. The number of nitro groups is 1. The van der Waals surface area contributed by atoms with E-state index in [2.05, 4.69) is 21.0 Å². The Labute approximate surface area is 229 Å². The van der Waals surface area contributed by atoms with Crippen molar-refractivity contribution in [1.82, 2.24) is 9.78 Å². The maximum atomic E-state index is 13.8. The van der Waals surface area contributed by atoms with Gasteiger partial charge in [0.1, 0.15) is 23.2 Å². The molecule has 40 heavy (non-hydrogen) atoms. The number of aryl methyl sites for hydroxylation is 1. The quantitative estimate of drug-likeness (QED) is 0.215. The fourth-order valence-corrected chi connectivity index (χ4v) is 4.75. The molecule has 1 aliphatic rings. The summed E-state index contributed by atoms with van der Waals surface area (Å²) in [5, 5.41) is 25.3. The smallest absolute Gasteiger partial charge is 0.275 e. The van der Waals surface area contributed by atoms with Crippen LogP contribution in [0.1, 0.15) is 34.5 Å². The third-order valence-electron chi connectivity index (χ3n) is 6.57. The average molecular weight is 539 g/mol. The second-order valence-electron chi connectivity index (χ2n) is 9.21. The third-order valence-corrected chi connectivity index (χ3v) is 6.57. The van der Waals surface area contributed by atoms with Gasteiger partial charge >= 0.3 is 0 Å². The first-order chi connectivity index (χ1) is 19.3. The first-order valence-electron chi connectivity index (χ1n) is 12.4. The third kappa shape index (κ3) is 4.87. The molecule has 2 amide bonds. The minimum absolute atomic E-state index is 0.183. The van der Waals surface area contributed by atoms with Gasteiger partial charge in [-0.2, -0.15) is 5.10 Å². The van der Waals surface area contributed by atoms with Crippen LogP contribution in [0.15, 0.2) is 90.3 Å². The lowest BCUT2D eigenvalue weighted by Crippen LogP contribution is -2.32. The first-order valence-corrected chi connectivity index (χ1v) is 12.4. The van der Waals surface area contributed by atoms with E-state index in [-0.39, 0.29) is 22.4 Å². The summed E-state index contributed by atoms with van der Waals surface area (Å²) < 4.78 is 6.80. The Morgan fingerprint density at radius 1 is 1.00 bits per heavy atom. The number of carbonyl (C=O) groups is 2. The van der Waals surface area contributed by atoms with Gasteiger partial charge in [-0.15, -0.1) is 0 Å². The Morgan fingerprint density at radius 3 is 2.50 bits per heavy atom. The Balaban J connectivity index is 1.60. The molecule has 0 radical (unpaired) electrons. The molecule has 2 heterocycles. The number of fused-ring (bicyclic) bond motifs is 1. The highest BCUT2D eigenvalue weighted by Crippen LogP contribution is 2.41. The van der Waals surface area contributed by atoms with Gasteiger partial charge in [0.25, 0.3) is 17.5 Å². The largest absolute Gasteiger partial charge is 0.495 e. The maximum absolute atomic E-state index is 13.8. The van der Waals surface area contributed by atoms with Crippen molar-refractivity contribution in [2.75, 3.05) is 23.1 Å². The van der Waals surface area contributed by atoms with Crippen molar-refractivity contribution in [2.45, 2.75) is 19.9 Å². The van der Waals surface area contributed by atoms with Crippen LogP contribution in [0.2, 0.25) is 0 Å². The summed E-state index contributed by atoms with van der Waals surface area (Å²) in [7, 11) is 1.49. The first kappa shape index (κ1) is 26.2. The molecule has 0 spiro atoms. The number of methoxy groups -OCH3 is 1. The van der Waals surface area contributed by atoms with Crippen molar-refractivity contribution in [1.29, 1.82) is 0 Å². The molecule has 1 atom stereocenters. The van der Waals surface area contributed by atoms with E-state index in [1.165, 1.54) is 24.1 Å². The topological polar surface area (TPSA) is 140 Å². The number of benzene rings is 3. The van der Waals surface area contributed by atoms with E-state index in [9.17, 15) is 19.7 Å². The van der Waals surface area contributed by atoms with E-state index >= 15 is 0 Å². The number of ether oxygens (including phenoxy) is 1. The lowest BCUT2D eigenvalue weighted by molar-refractivity contribution is -0.385. The summed E-state index contributed by atoms with van der Waals surface area (Å²) in [5.41, 5.74) is 2.91. The Bertz CT molecular complexity index is 1670. The van der Waals surface area contributed by atoms with Crippen molar-refractivity contribution in [3.05, 3.63) is 117 Å². The molecule has 202 valence electrons. The Morgan fingerprint density at radius 2 is 1.75 bits per heavy atom. The minimum Gasteiger partial charge on any atom is -0.495 e. The number of nitrogens with one attached hydrogen (secondary N) is 3. The molecule has 0 unspecified atom stereocenters. The number of carbonyl (C=O) groups excluding carboxylic acids is 2. The zero-order chi connectivity index (χ0) is 28.4. The standard InChI is InChI=1S/C29H26N6O5/c1-17-9-8-10-19(15-17)32-28(36)21-16-30-34-26(20-11-4-6-13-23(20)35(38)39)25(18(2)31-27(21)34)29(37)33-22-12-5-7-14-24(22)40-3/h4-16,26,31H,1-3H3,(H,32,36)(H,33,37)/t26-/m1/s1. The maximum Gasteiger partial charge on any atom is 0.275 e. The van der Waals surface area contributed by atoms with Crippen LogP contribution in [0.4, 0.5) is 22.9 Å². The van der Waals surface area contributed by atoms with Gasteiger partial charge in [0, 0.05) is 17.5 Å². The molecule has 3 aromatic carbocycles. The summed E-state index contributed by atoms with van der Waals surface area (Å²) in [6, 6.07) is 19.4. The Kier molecular flexibility index (Phi) is 7.02. The molecule has 0 bridgehead atoms. The molecular formula is C29H26N6O5. The number of anilines is 3. The SMILES string of the molecule is COc1ccccc1NC(=O)C1=C(C)Nc2c(C(=O)Nc3cccc(C)c3)cnn2[C@@H]1c1ccccc1[N+](=O)[O-]. The number of nitrogens with zero attached hydrogens (tertiary/aromatic N) is 3. The van der Waals surface area contributed by atoms with Gasteiger partial charge in [0.2, 0.25) is 0 Å². The summed E-state index contributed by atoms with van der Waals surface area (Å²) >= 11 is 0. The van der Waals surface area contributed by atoms with E-state index in [0.29, 0.717) is 28.6 Å². The number of nitro benzene ring substituents is 1. The van der Waals surface area contributed by atoms with Crippen LogP contribution in [0, 0.1) is 17.0 Å². The van der Waals surface area contributed by atoms with Crippen LogP contribution in [0.25, 0.3) is 0 Å². The average Bonchev–Trinajstić information content (AvgIpc) is 3.36. The molecule has 0 fully saturated rings. The van der Waals surface area contributed by atoms with Crippen LogP contribution in [0.5, 0.6) is 5.75 Å². The number of rotatable bonds is 7. The summed E-state index contributed by atoms with van der Waals surface area (Å²) in [6.07, 6.45) is 1.38. The van der Waals surface area contributed by atoms with Gasteiger partial charge in [-0.25, -0.2) is 4.68 Å². The molecule has 1 aliphatic heterocycles. The fraction of sp³-hybridized carbons (Fsp3) is 0.138. The van der Waals surface area contributed by atoms with E-state index in [0.717, 1.165) is 5.56 Å². The lowest BCUT2D eigenvalue weighted by atomic mass is 9.93. The summed E-state index contributed by atoms with van der Waals surface area (Å²) in [5.74, 6) is -0.172. The van der Waals surface area contributed by atoms with E-state index in [4.69, 9.17) is 4.74 Å². The molecule has 0 saturated heterocycles. The van der Waals surface area contributed by atoms with Crippen molar-refractivity contribution >= 4 is 34.7 Å². The summed E-state index contributed by atoms with van der Waals surface area (Å²) in [4.78, 5) is 38.6. The van der Waals surface area contributed by atoms with E-state index in [1.807, 2.05) is 25.1 Å². The fourth-order valence-electron chi connectivity index (χ4n) is 4.75. The highest BCUT2D eigenvalue weighted by Gasteiger charge is 2.38. The number of aromatic nitrogens is 2. The molecule has 5 rings (SSSR count). The second kappa shape index (κ2) is 10.7. The minimum atomic E-state index is -1.01. The normalized spacial score (nSPS) is 14.1. The van der Waals surface area contributed by atoms with E-state index < -0.39 is 22.8 Å². The van der Waals surface area contributed by atoms with Crippen molar-refractivity contribution in [3.63, 3.8) is 0 Å². The van der Waals surface area contributed by atoms with Crippen LogP contribution < -0.4 is 20.7 Å². The molecule has 0 saturated carbocycles. The predicted octanol–water partition coefficient (Wildman–Crippen LogP) is 5.29. The number of allylic oxidation sites excluding steroid dienone is 1. The number of amides is 2. The monoisotopic (exact) mass is 538 g/mol. The highest BCUT2D eigenvalue weighted by atomic mass is 16.6. The van der Waals surface area contributed by atoms with Gasteiger partial charge in [0.15, 0.2) is 0 Å². The van der Waals surface area contributed by atoms with Gasteiger partial charge in [-0.1, -0.05) is 36.4 Å². The molecular weight excluding hydrogens is 512 g/mol. The number of hydrogen-bond acceptors (Lipinski definition) is 7. The van der Waals surface area contributed by atoms with E-state index in [1.54, 1.807) is 55.5 Å². The zero-order valence-corrected chi connectivity index (χ0v) is 22.0. The van der Waals surface area contributed by atoms with Gasteiger partial charge in [-0.05, 0) is 49.7 Å². The van der Waals surface area contributed by atoms with Crippen molar-refractivity contribution in [2.24, 2.45) is 0 Å². The number of hydrogen-bond donors (Lipinski definition) is 3. The highest BCUT2D eigenvalue weighted by molar-refractivity contribution is 6.10. The van der Waals surface area contributed by atoms with Crippen LogP contribution in [0.3, 0.4) is 0 Å². The molecule has 1 aromatic heterocycles. The molecule has 4 aromatic rings. The predicted molar refractivity (Wildman–Crippen MR) is 151 cm³/mol. The van der Waals surface area contributed by atoms with Gasteiger partial charge in [0.05, 0.1) is 35.1 Å². The van der Waals surface area contributed by atoms with Crippen LogP contribution in [-0.2, 0) is 4.79 Å². The lowest BCUT2D eigenvalue weighted by Gasteiger charge is -2.30. The second-order valence-corrected chi connectivity index (χ2v) is 9.21. The Hall–Kier alpha value is -5.45. The molecule has 11 nitrogen and oxygen atoms in total. The molecule has 11 heteroatoms. The van der Waals surface area contributed by atoms with Crippen molar-refractivity contribution < 1.29 is 19.2 Å². The molecule has 3 N–H and O–H groups in total. The van der Waals surface area contributed by atoms with Crippen LogP contribution in [-0.4, -0.2) is 33.6 Å².